The molecule has 0 spiro atoms. The molecule has 7 heteroatoms. The molecule has 0 aromatic heterocycles. The molecule has 23 heavy (non-hydrogen) atoms. The number of amides is 1. The van der Waals surface area contributed by atoms with Gasteiger partial charge in [0.05, 0.1) is 23.6 Å². The highest BCUT2D eigenvalue weighted by atomic mass is 35.5. The average molecular weight is 333 g/mol. The molecule has 1 aliphatic heterocycles. The second-order valence-corrected chi connectivity index (χ2v) is 5.54. The lowest BCUT2D eigenvalue weighted by Crippen LogP contribution is -2.56. The summed E-state index contributed by atoms with van der Waals surface area (Å²) in [6.07, 6.45) is 0. The molecule has 1 aliphatic rings. The Kier molecular flexibility index (Phi) is 3.92. The molecule has 1 amide bonds. The molecule has 3 rings (SSSR count). The molecular weight excluding hydrogens is 320 g/mol. The lowest BCUT2D eigenvalue weighted by Gasteiger charge is -2.44. The number of carbonyl (C=O) groups is 1. The molecule has 2 aromatic rings. The van der Waals surface area contributed by atoms with Crippen molar-refractivity contribution in [1.82, 2.24) is 0 Å². The molecule has 1 fully saturated rings. The second-order valence-electron chi connectivity index (χ2n) is 5.07. The van der Waals surface area contributed by atoms with Gasteiger partial charge in [0, 0.05) is 11.8 Å². The Morgan fingerprint density at radius 2 is 1.83 bits per heavy atom. The van der Waals surface area contributed by atoms with Gasteiger partial charge in [0.15, 0.2) is 0 Å². The fourth-order valence-corrected chi connectivity index (χ4v) is 3.04. The molecule has 2 aromatic carbocycles. The predicted octanol–water partition coefficient (Wildman–Crippen LogP) is 3.30. The fourth-order valence-electron chi connectivity index (χ4n) is 2.69. The van der Waals surface area contributed by atoms with Gasteiger partial charge in [0.25, 0.3) is 5.69 Å². The van der Waals surface area contributed by atoms with Crippen LogP contribution < -0.4 is 9.64 Å². The number of ether oxygens (including phenoxy) is 1. The summed E-state index contributed by atoms with van der Waals surface area (Å²) < 4.78 is 5.09. The van der Waals surface area contributed by atoms with Crippen molar-refractivity contribution in [2.45, 2.75) is 11.4 Å². The zero-order valence-electron chi connectivity index (χ0n) is 12.2. The molecule has 1 heterocycles. The number of nitrogens with zero attached hydrogens (tertiary/aromatic N) is 2. The topological polar surface area (TPSA) is 72.7 Å². The summed E-state index contributed by atoms with van der Waals surface area (Å²) in [7, 11) is 1.55. The van der Waals surface area contributed by atoms with E-state index in [1.165, 1.54) is 11.0 Å². The molecule has 0 aliphatic carbocycles. The summed E-state index contributed by atoms with van der Waals surface area (Å²) in [4.78, 5) is 24.4. The van der Waals surface area contributed by atoms with Crippen molar-refractivity contribution >= 4 is 28.9 Å². The largest absolute Gasteiger partial charge is 0.497 e. The van der Waals surface area contributed by atoms with Gasteiger partial charge in [0.2, 0.25) is 5.91 Å². The van der Waals surface area contributed by atoms with Crippen molar-refractivity contribution in [3.8, 4) is 5.75 Å². The molecule has 0 N–H and O–H groups in total. The van der Waals surface area contributed by atoms with E-state index in [2.05, 4.69) is 0 Å². The second kappa shape index (κ2) is 5.89. The van der Waals surface area contributed by atoms with Crippen molar-refractivity contribution in [1.29, 1.82) is 0 Å². The van der Waals surface area contributed by atoms with E-state index in [9.17, 15) is 14.9 Å². The Morgan fingerprint density at radius 1 is 1.17 bits per heavy atom. The number of alkyl halides is 1. The van der Waals surface area contributed by atoms with Crippen molar-refractivity contribution in [3.63, 3.8) is 0 Å². The lowest BCUT2D eigenvalue weighted by molar-refractivity contribution is -0.385. The first kappa shape index (κ1) is 15.3. The minimum atomic E-state index is -0.821. The number of para-hydroxylation sites is 1. The summed E-state index contributed by atoms with van der Waals surface area (Å²) in [5, 5.41) is 10.4. The number of halogens is 1. The lowest BCUT2D eigenvalue weighted by atomic mass is 9.91. The third kappa shape index (κ3) is 2.51. The van der Waals surface area contributed by atoms with Gasteiger partial charge >= 0.3 is 0 Å². The monoisotopic (exact) mass is 332 g/mol. The highest BCUT2D eigenvalue weighted by Gasteiger charge is 2.50. The van der Waals surface area contributed by atoms with Gasteiger partial charge in [-0.25, -0.2) is 0 Å². The first-order chi connectivity index (χ1) is 11.0. The molecule has 0 saturated carbocycles. The van der Waals surface area contributed by atoms with Crippen molar-refractivity contribution in [2.24, 2.45) is 0 Å². The number of nitro groups is 1. The zero-order valence-corrected chi connectivity index (χ0v) is 12.9. The van der Waals surface area contributed by atoms with Crippen LogP contribution in [0.5, 0.6) is 5.75 Å². The third-order valence-electron chi connectivity index (χ3n) is 3.83. The fraction of sp³-hybridized carbons (Fsp3) is 0.188. The number of methoxy groups -OCH3 is 1. The number of anilines is 1. The number of hydrogen-bond donors (Lipinski definition) is 0. The van der Waals surface area contributed by atoms with Gasteiger partial charge in [-0.1, -0.05) is 12.1 Å². The molecule has 0 radical (unpaired) electrons. The minimum absolute atomic E-state index is 0.0471. The van der Waals surface area contributed by atoms with Crippen molar-refractivity contribution in [2.75, 3.05) is 12.0 Å². The third-order valence-corrected chi connectivity index (χ3v) is 4.26. The van der Waals surface area contributed by atoms with Crippen LogP contribution in [0.15, 0.2) is 48.5 Å². The maximum Gasteiger partial charge on any atom is 0.274 e. The zero-order chi connectivity index (χ0) is 16.6. The predicted molar refractivity (Wildman–Crippen MR) is 86.0 cm³/mol. The molecular formula is C16H13ClN2O4. The molecule has 0 unspecified atom stereocenters. The van der Waals surface area contributed by atoms with Crippen LogP contribution in [0.25, 0.3) is 0 Å². The Balaban J connectivity index is 2.01. The number of hydrogen-bond acceptors (Lipinski definition) is 4. The highest BCUT2D eigenvalue weighted by Crippen LogP contribution is 2.45. The SMILES string of the molecule is COc1ccc(N2C(=O)[C@H](Cl)[C@@H]2c2ccccc2[N+](=O)[O-])cc1. The first-order valence-electron chi connectivity index (χ1n) is 6.89. The number of carbonyl (C=O) groups excluding carboxylic acids is 1. The van der Waals surface area contributed by atoms with Gasteiger partial charge in [-0.15, -0.1) is 11.6 Å². The van der Waals surface area contributed by atoms with Crippen LogP contribution in [0, 0.1) is 10.1 Å². The standard InChI is InChI=1S/C16H13ClN2O4/c1-23-11-8-6-10(7-9-11)18-15(14(17)16(18)20)12-4-2-3-5-13(12)19(21)22/h2-9,14-15H,1H3/t14-,15+/m1/s1. The smallest absolute Gasteiger partial charge is 0.274 e. The Bertz CT molecular complexity index is 763. The van der Waals surface area contributed by atoms with E-state index >= 15 is 0 Å². The maximum absolute atomic E-state index is 12.2. The first-order valence-corrected chi connectivity index (χ1v) is 7.32. The summed E-state index contributed by atoms with van der Waals surface area (Å²) in [6.45, 7) is 0. The van der Waals surface area contributed by atoms with Gasteiger partial charge in [-0.2, -0.15) is 0 Å². The summed E-state index contributed by atoms with van der Waals surface area (Å²) in [5.41, 5.74) is 0.998. The van der Waals surface area contributed by atoms with Gasteiger partial charge in [0.1, 0.15) is 11.1 Å². The van der Waals surface area contributed by atoms with Crippen molar-refractivity contribution in [3.05, 3.63) is 64.2 Å². The highest BCUT2D eigenvalue weighted by molar-refractivity contribution is 6.37. The summed E-state index contributed by atoms with van der Waals surface area (Å²) >= 11 is 6.14. The van der Waals surface area contributed by atoms with E-state index in [4.69, 9.17) is 16.3 Å². The Labute approximate surface area is 137 Å². The Morgan fingerprint density at radius 3 is 2.43 bits per heavy atom. The van der Waals surface area contributed by atoms with Gasteiger partial charge < -0.3 is 9.64 Å². The van der Waals surface area contributed by atoms with Crippen LogP contribution in [0.1, 0.15) is 11.6 Å². The van der Waals surface area contributed by atoms with E-state index in [1.54, 1.807) is 49.6 Å². The van der Waals surface area contributed by atoms with Crippen LogP contribution >= 0.6 is 11.6 Å². The van der Waals surface area contributed by atoms with Crippen LogP contribution in [0.4, 0.5) is 11.4 Å². The van der Waals surface area contributed by atoms with Crippen LogP contribution in [0.2, 0.25) is 0 Å². The molecule has 2 atom stereocenters. The van der Waals surface area contributed by atoms with E-state index in [-0.39, 0.29) is 11.6 Å². The summed E-state index contributed by atoms with van der Waals surface area (Å²) in [6, 6.07) is 12.6. The molecule has 0 bridgehead atoms. The average Bonchev–Trinajstić information content (AvgIpc) is 2.58. The van der Waals surface area contributed by atoms with E-state index in [1.807, 2.05) is 0 Å². The van der Waals surface area contributed by atoms with Crippen LogP contribution in [0.3, 0.4) is 0 Å². The molecule has 1 saturated heterocycles. The molecule has 6 nitrogen and oxygen atoms in total. The van der Waals surface area contributed by atoms with Gasteiger partial charge in [-0.3, -0.25) is 14.9 Å². The van der Waals surface area contributed by atoms with E-state index < -0.39 is 16.3 Å². The number of β-lactam (4-membered cyclic amide) rings is 1. The normalized spacial score (nSPS) is 20.1. The molecule has 118 valence electrons. The van der Waals surface area contributed by atoms with E-state index in [0.29, 0.717) is 17.0 Å². The van der Waals surface area contributed by atoms with Crippen LogP contribution in [-0.4, -0.2) is 23.3 Å². The maximum atomic E-state index is 12.2. The number of nitro benzene ring substituents is 1. The summed E-state index contributed by atoms with van der Waals surface area (Å²) in [5.74, 6) is 0.381. The quantitative estimate of drug-likeness (QED) is 0.373. The number of rotatable bonds is 4. The Hall–Kier alpha value is -2.60. The number of benzene rings is 2. The van der Waals surface area contributed by atoms with Gasteiger partial charge in [-0.05, 0) is 30.3 Å². The minimum Gasteiger partial charge on any atom is -0.497 e. The van der Waals surface area contributed by atoms with Crippen LogP contribution in [-0.2, 0) is 4.79 Å². The van der Waals surface area contributed by atoms with Crippen molar-refractivity contribution < 1.29 is 14.5 Å². The van der Waals surface area contributed by atoms with E-state index in [0.717, 1.165) is 0 Å².